The van der Waals surface area contributed by atoms with E-state index in [1.807, 2.05) is 38.1 Å². The van der Waals surface area contributed by atoms with Crippen molar-refractivity contribution in [2.75, 3.05) is 6.61 Å². The second-order valence-corrected chi connectivity index (χ2v) is 10.1. The van der Waals surface area contributed by atoms with Gasteiger partial charge in [-0.05, 0) is 73.8 Å². The van der Waals surface area contributed by atoms with Gasteiger partial charge in [0.1, 0.15) is 5.75 Å². The summed E-state index contributed by atoms with van der Waals surface area (Å²) >= 11 is 0. The summed E-state index contributed by atoms with van der Waals surface area (Å²) in [7, 11) is 0. The first-order valence-electron chi connectivity index (χ1n) is 13.3. The second kappa shape index (κ2) is 13.5. The molecular formula is C31H44O4. The first-order chi connectivity index (χ1) is 16.7. The van der Waals surface area contributed by atoms with Gasteiger partial charge in [0, 0.05) is 5.56 Å². The molecule has 0 N–H and O–H groups in total. The summed E-state index contributed by atoms with van der Waals surface area (Å²) < 4.78 is 11.5. The van der Waals surface area contributed by atoms with Crippen LogP contribution in [-0.4, -0.2) is 18.5 Å². The normalized spacial score (nSPS) is 12.3. The summed E-state index contributed by atoms with van der Waals surface area (Å²) in [5, 5.41) is 0. The van der Waals surface area contributed by atoms with Crippen molar-refractivity contribution >= 4 is 11.9 Å². The van der Waals surface area contributed by atoms with E-state index < -0.39 is 11.9 Å². The molecule has 4 heteroatoms. The molecule has 192 valence electrons. The molecule has 0 heterocycles. The molecule has 0 amide bonds. The molecular weight excluding hydrogens is 436 g/mol. The predicted octanol–water partition coefficient (Wildman–Crippen LogP) is 8.08. The fourth-order valence-corrected chi connectivity index (χ4v) is 4.19. The van der Waals surface area contributed by atoms with Gasteiger partial charge in [0.2, 0.25) is 0 Å². The minimum atomic E-state index is -0.472. The maximum absolute atomic E-state index is 13.2. The third-order valence-electron chi connectivity index (χ3n) is 6.97. The molecule has 0 aliphatic heterocycles. The van der Waals surface area contributed by atoms with Crippen molar-refractivity contribution < 1.29 is 19.1 Å². The lowest BCUT2D eigenvalue weighted by Gasteiger charge is -2.28. The van der Waals surface area contributed by atoms with Gasteiger partial charge in [0.15, 0.2) is 0 Å². The Balaban J connectivity index is 2.51. The largest absolute Gasteiger partial charge is 0.466 e. The van der Waals surface area contributed by atoms with Gasteiger partial charge in [0.05, 0.1) is 18.1 Å². The van der Waals surface area contributed by atoms with Crippen LogP contribution in [-0.2, 0) is 21.4 Å². The van der Waals surface area contributed by atoms with Crippen LogP contribution in [0.25, 0.3) is 0 Å². The van der Waals surface area contributed by atoms with Gasteiger partial charge in [0.25, 0.3) is 0 Å². The highest BCUT2D eigenvalue weighted by Gasteiger charge is 2.30. The highest BCUT2D eigenvalue weighted by molar-refractivity contribution is 5.92. The Bertz CT molecular complexity index is 972. The number of esters is 2. The van der Waals surface area contributed by atoms with Gasteiger partial charge in [-0.15, -0.1) is 0 Å². The van der Waals surface area contributed by atoms with Crippen LogP contribution in [0.15, 0.2) is 36.4 Å². The third kappa shape index (κ3) is 7.68. The highest BCUT2D eigenvalue weighted by Crippen LogP contribution is 2.39. The Kier molecular flexibility index (Phi) is 11.0. The van der Waals surface area contributed by atoms with Crippen LogP contribution >= 0.6 is 0 Å². The maximum atomic E-state index is 13.2. The minimum Gasteiger partial charge on any atom is -0.466 e. The van der Waals surface area contributed by atoms with Crippen LogP contribution in [0, 0.1) is 6.92 Å². The Morgan fingerprint density at radius 3 is 2.17 bits per heavy atom. The zero-order valence-electron chi connectivity index (χ0n) is 22.8. The molecule has 0 aliphatic carbocycles. The van der Waals surface area contributed by atoms with Crippen molar-refractivity contribution in [3.05, 3.63) is 64.2 Å². The first kappa shape index (κ1) is 28.6. The van der Waals surface area contributed by atoms with Crippen molar-refractivity contribution in [1.82, 2.24) is 0 Å². The molecule has 0 radical (unpaired) electrons. The number of hydrogen-bond acceptors (Lipinski definition) is 4. The number of carbonyl (C=O) groups is 2. The standard InChI is InChI=1S/C31H44O4/c1-8-12-14-23-16-18-24(19-17-23)29(32)35-28-22(5)20-25(31(6,7)10-3)21-27(28)26(15-13-9-2)30(33)34-11-4/h16-21,26H,8-15H2,1-7H3. The van der Waals surface area contributed by atoms with E-state index >= 15 is 0 Å². The van der Waals surface area contributed by atoms with Gasteiger partial charge >= 0.3 is 11.9 Å². The van der Waals surface area contributed by atoms with Crippen LogP contribution in [0.2, 0.25) is 0 Å². The molecule has 0 aliphatic rings. The minimum absolute atomic E-state index is 0.0691. The molecule has 2 aromatic rings. The Labute approximate surface area is 212 Å². The van der Waals surface area contributed by atoms with Crippen molar-refractivity contribution in [2.24, 2.45) is 0 Å². The second-order valence-electron chi connectivity index (χ2n) is 10.1. The van der Waals surface area contributed by atoms with Crippen molar-refractivity contribution in [3.8, 4) is 5.75 Å². The number of hydrogen-bond donors (Lipinski definition) is 0. The van der Waals surface area contributed by atoms with Gasteiger partial charge in [-0.25, -0.2) is 4.79 Å². The number of carbonyl (C=O) groups excluding carboxylic acids is 2. The molecule has 0 saturated carbocycles. The fourth-order valence-electron chi connectivity index (χ4n) is 4.19. The summed E-state index contributed by atoms with van der Waals surface area (Å²) in [6.45, 7) is 14.9. The fraction of sp³-hybridized carbons (Fsp3) is 0.548. The molecule has 1 unspecified atom stereocenters. The van der Waals surface area contributed by atoms with Crippen LogP contribution in [0.5, 0.6) is 5.75 Å². The Hall–Kier alpha value is -2.62. The highest BCUT2D eigenvalue weighted by atomic mass is 16.5. The van der Waals surface area contributed by atoms with Crippen molar-refractivity contribution in [3.63, 3.8) is 0 Å². The number of aryl methyl sites for hydroxylation is 2. The molecule has 0 saturated heterocycles. The monoisotopic (exact) mass is 480 g/mol. The van der Waals surface area contributed by atoms with E-state index in [9.17, 15) is 9.59 Å². The smallest absolute Gasteiger partial charge is 0.343 e. The van der Waals surface area contributed by atoms with Crippen LogP contribution in [0.1, 0.15) is 119 Å². The van der Waals surface area contributed by atoms with Gasteiger partial charge < -0.3 is 9.47 Å². The predicted molar refractivity (Wildman–Crippen MR) is 143 cm³/mol. The third-order valence-corrected chi connectivity index (χ3v) is 6.97. The lowest BCUT2D eigenvalue weighted by atomic mass is 9.79. The molecule has 4 nitrogen and oxygen atoms in total. The van der Waals surface area contributed by atoms with E-state index in [1.165, 1.54) is 5.56 Å². The molecule has 0 aromatic heterocycles. The SMILES string of the molecule is CCCCc1ccc(C(=O)Oc2c(C)cc(C(C)(C)CC)cc2C(CCCC)C(=O)OCC)cc1. The summed E-state index contributed by atoms with van der Waals surface area (Å²) in [5.74, 6) is -0.656. The van der Waals surface area contributed by atoms with E-state index in [-0.39, 0.29) is 11.4 Å². The maximum Gasteiger partial charge on any atom is 0.343 e. The van der Waals surface area contributed by atoms with Crippen LogP contribution in [0.3, 0.4) is 0 Å². The van der Waals surface area contributed by atoms with E-state index in [2.05, 4.69) is 46.8 Å². The molecule has 0 bridgehead atoms. The molecule has 35 heavy (non-hydrogen) atoms. The lowest BCUT2D eigenvalue weighted by molar-refractivity contribution is -0.145. The molecule has 1 atom stereocenters. The Morgan fingerprint density at radius 1 is 0.943 bits per heavy atom. The average molecular weight is 481 g/mol. The Morgan fingerprint density at radius 2 is 1.60 bits per heavy atom. The number of ether oxygens (including phenoxy) is 2. The zero-order valence-corrected chi connectivity index (χ0v) is 22.8. The zero-order chi connectivity index (χ0) is 26.0. The van der Waals surface area contributed by atoms with Gasteiger partial charge in [-0.3, -0.25) is 4.79 Å². The number of unbranched alkanes of at least 4 members (excludes halogenated alkanes) is 2. The van der Waals surface area contributed by atoms with Crippen LogP contribution in [0.4, 0.5) is 0 Å². The molecule has 0 spiro atoms. The average Bonchev–Trinajstić information content (AvgIpc) is 2.84. The van der Waals surface area contributed by atoms with E-state index in [0.29, 0.717) is 24.3 Å². The van der Waals surface area contributed by atoms with Crippen molar-refractivity contribution in [1.29, 1.82) is 0 Å². The van der Waals surface area contributed by atoms with Crippen LogP contribution < -0.4 is 4.74 Å². The molecule has 0 fully saturated rings. The van der Waals surface area contributed by atoms with E-state index in [4.69, 9.17) is 9.47 Å². The summed E-state index contributed by atoms with van der Waals surface area (Å²) in [5.41, 5.74) is 4.40. The van der Waals surface area contributed by atoms with E-state index in [0.717, 1.165) is 55.2 Å². The lowest BCUT2D eigenvalue weighted by Crippen LogP contribution is -2.22. The number of rotatable bonds is 13. The van der Waals surface area contributed by atoms with E-state index in [1.54, 1.807) is 0 Å². The molecule has 2 aromatic carbocycles. The van der Waals surface area contributed by atoms with Gasteiger partial charge in [-0.2, -0.15) is 0 Å². The number of benzene rings is 2. The summed E-state index contributed by atoms with van der Waals surface area (Å²) in [6, 6.07) is 11.8. The molecule has 2 rings (SSSR count). The topological polar surface area (TPSA) is 52.6 Å². The van der Waals surface area contributed by atoms with Gasteiger partial charge in [-0.1, -0.05) is 78.1 Å². The quantitative estimate of drug-likeness (QED) is 0.215. The first-order valence-corrected chi connectivity index (χ1v) is 13.3. The van der Waals surface area contributed by atoms with Crippen molar-refractivity contribution in [2.45, 2.75) is 105 Å². The summed E-state index contributed by atoms with van der Waals surface area (Å²) in [4.78, 5) is 26.2. The summed E-state index contributed by atoms with van der Waals surface area (Å²) in [6.07, 6.45) is 6.72.